The normalized spacial score (nSPS) is 22.9. The van der Waals surface area contributed by atoms with Crippen molar-refractivity contribution in [2.24, 2.45) is 0 Å². The van der Waals surface area contributed by atoms with E-state index in [4.69, 9.17) is 14.2 Å². The van der Waals surface area contributed by atoms with E-state index in [0.29, 0.717) is 18.8 Å². The van der Waals surface area contributed by atoms with Crippen LogP contribution in [0.5, 0.6) is 11.5 Å². The number of morpholine rings is 1. The third-order valence-corrected chi connectivity index (χ3v) is 3.71. The molecule has 22 heavy (non-hydrogen) atoms. The second-order valence-corrected chi connectivity index (χ2v) is 5.78. The summed E-state index contributed by atoms with van der Waals surface area (Å²) >= 11 is 0. The molecule has 0 N–H and O–H groups in total. The van der Waals surface area contributed by atoms with Crippen LogP contribution in [0.3, 0.4) is 0 Å². The van der Waals surface area contributed by atoms with Crippen molar-refractivity contribution in [2.75, 3.05) is 33.4 Å². The average Bonchev–Trinajstić information content (AvgIpc) is 2.48. The Kier molecular flexibility index (Phi) is 6.28. The van der Waals surface area contributed by atoms with Gasteiger partial charge in [0.15, 0.2) is 11.5 Å². The third kappa shape index (κ3) is 4.75. The zero-order chi connectivity index (χ0) is 15.9. The highest BCUT2D eigenvalue weighted by Crippen LogP contribution is 2.28. The predicted octanol–water partition coefficient (Wildman–Crippen LogP) is 3.22. The second-order valence-electron chi connectivity index (χ2n) is 5.78. The lowest BCUT2D eigenvalue weighted by atomic mass is 10.2. The van der Waals surface area contributed by atoms with E-state index in [-0.39, 0.29) is 0 Å². The van der Waals surface area contributed by atoms with Gasteiger partial charge < -0.3 is 14.2 Å². The molecule has 0 aromatic heterocycles. The minimum atomic E-state index is 0.290. The Balaban J connectivity index is 1.88. The molecule has 1 aliphatic heterocycles. The molecule has 0 aliphatic carbocycles. The van der Waals surface area contributed by atoms with Gasteiger partial charge in [-0.05, 0) is 38.5 Å². The SMILES string of the molecule is C/C=C/c1ccc(OCCN2C[C@@H](C)O[C@H](C)C2)c(OC)c1. The highest BCUT2D eigenvalue weighted by atomic mass is 16.5. The van der Waals surface area contributed by atoms with E-state index < -0.39 is 0 Å². The summed E-state index contributed by atoms with van der Waals surface area (Å²) in [5.41, 5.74) is 1.11. The van der Waals surface area contributed by atoms with Crippen LogP contribution < -0.4 is 9.47 Å². The standard InChI is InChI=1S/C18H27NO3/c1-5-6-16-7-8-17(18(11-16)20-4)21-10-9-19-12-14(2)22-15(3)13-19/h5-8,11,14-15H,9-10,12-13H2,1-4H3/b6-5+/t14-,15-/m1/s1. The quantitative estimate of drug-likeness (QED) is 0.807. The number of nitrogens with zero attached hydrogens (tertiary/aromatic N) is 1. The smallest absolute Gasteiger partial charge is 0.161 e. The molecule has 1 heterocycles. The monoisotopic (exact) mass is 305 g/mol. The first-order valence-electron chi connectivity index (χ1n) is 7.93. The van der Waals surface area contributed by atoms with E-state index in [1.807, 2.05) is 37.3 Å². The van der Waals surface area contributed by atoms with Crippen molar-refractivity contribution in [3.63, 3.8) is 0 Å². The van der Waals surface area contributed by atoms with Crippen LogP contribution in [0.1, 0.15) is 26.3 Å². The Hall–Kier alpha value is -1.52. The van der Waals surface area contributed by atoms with Gasteiger partial charge in [0.1, 0.15) is 6.61 Å². The summed E-state index contributed by atoms with van der Waals surface area (Å²) in [6.45, 7) is 9.72. The van der Waals surface area contributed by atoms with Crippen molar-refractivity contribution >= 4 is 6.08 Å². The molecule has 1 saturated heterocycles. The van der Waals surface area contributed by atoms with Gasteiger partial charge >= 0.3 is 0 Å². The maximum absolute atomic E-state index is 5.90. The van der Waals surface area contributed by atoms with E-state index in [1.165, 1.54) is 0 Å². The molecule has 2 atom stereocenters. The second kappa shape index (κ2) is 8.20. The Morgan fingerprint density at radius 3 is 2.59 bits per heavy atom. The van der Waals surface area contributed by atoms with E-state index >= 15 is 0 Å². The number of rotatable bonds is 6. The topological polar surface area (TPSA) is 30.9 Å². The van der Waals surface area contributed by atoms with Gasteiger partial charge in [0.2, 0.25) is 0 Å². The minimum absolute atomic E-state index is 0.290. The van der Waals surface area contributed by atoms with Crippen LogP contribution in [0.15, 0.2) is 24.3 Å². The van der Waals surface area contributed by atoms with Crippen LogP contribution in [-0.4, -0.2) is 50.5 Å². The molecule has 1 fully saturated rings. The lowest BCUT2D eigenvalue weighted by Gasteiger charge is -2.35. The van der Waals surface area contributed by atoms with E-state index in [1.54, 1.807) is 7.11 Å². The van der Waals surface area contributed by atoms with Crippen LogP contribution >= 0.6 is 0 Å². The molecule has 4 nitrogen and oxygen atoms in total. The third-order valence-electron chi connectivity index (χ3n) is 3.71. The largest absolute Gasteiger partial charge is 0.493 e. The van der Waals surface area contributed by atoms with Crippen LogP contribution in [-0.2, 0) is 4.74 Å². The van der Waals surface area contributed by atoms with Crippen molar-refractivity contribution in [1.82, 2.24) is 4.90 Å². The number of benzene rings is 1. The Morgan fingerprint density at radius 2 is 1.95 bits per heavy atom. The number of allylic oxidation sites excluding steroid dienone is 1. The first-order valence-corrected chi connectivity index (χ1v) is 7.93. The molecule has 2 rings (SSSR count). The molecular formula is C18H27NO3. The number of hydrogen-bond donors (Lipinski definition) is 0. The fourth-order valence-corrected chi connectivity index (χ4v) is 2.85. The average molecular weight is 305 g/mol. The highest BCUT2D eigenvalue weighted by molar-refractivity contribution is 5.55. The summed E-state index contributed by atoms with van der Waals surface area (Å²) in [6.07, 6.45) is 4.63. The molecular weight excluding hydrogens is 278 g/mol. The summed E-state index contributed by atoms with van der Waals surface area (Å²) in [4.78, 5) is 2.39. The molecule has 0 bridgehead atoms. The zero-order valence-electron chi connectivity index (χ0n) is 14.0. The minimum Gasteiger partial charge on any atom is -0.493 e. The van der Waals surface area contributed by atoms with Gasteiger partial charge in [-0.15, -0.1) is 0 Å². The van der Waals surface area contributed by atoms with Gasteiger partial charge in [0.25, 0.3) is 0 Å². The van der Waals surface area contributed by atoms with E-state index in [2.05, 4.69) is 18.7 Å². The summed E-state index contributed by atoms with van der Waals surface area (Å²) in [7, 11) is 1.67. The number of ether oxygens (including phenoxy) is 3. The van der Waals surface area contributed by atoms with Gasteiger partial charge in [-0.3, -0.25) is 4.90 Å². The Bertz CT molecular complexity index is 491. The predicted molar refractivity (Wildman–Crippen MR) is 89.6 cm³/mol. The lowest BCUT2D eigenvalue weighted by molar-refractivity contribution is -0.0699. The maximum atomic E-state index is 5.90. The lowest BCUT2D eigenvalue weighted by Crippen LogP contribution is -2.46. The van der Waals surface area contributed by atoms with E-state index in [9.17, 15) is 0 Å². The Morgan fingerprint density at radius 1 is 1.23 bits per heavy atom. The zero-order valence-corrected chi connectivity index (χ0v) is 14.0. The van der Waals surface area contributed by atoms with Crippen LogP contribution in [0.2, 0.25) is 0 Å². The highest BCUT2D eigenvalue weighted by Gasteiger charge is 2.21. The molecule has 0 radical (unpaired) electrons. The molecule has 122 valence electrons. The molecule has 0 saturated carbocycles. The number of hydrogen-bond acceptors (Lipinski definition) is 4. The molecule has 0 unspecified atom stereocenters. The van der Waals surface area contributed by atoms with Crippen molar-refractivity contribution in [3.05, 3.63) is 29.8 Å². The van der Waals surface area contributed by atoms with E-state index in [0.717, 1.165) is 36.7 Å². The van der Waals surface area contributed by atoms with Crippen LogP contribution in [0, 0.1) is 0 Å². The number of methoxy groups -OCH3 is 1. The summed E-state index contributed by atoms with van der Waals surface area (Å²) < 4.78 is 17.1. The molecule has 1 aromatic carbocycles. The van der Waals surface area contributed by atoms with Crippen molar-refractivity contribution in [1.29, 1.82) is 0 Å². The van der Waals surface area contributed by atoms with Gasteiger partial charge in [0.05, 0.1) is 19.3 Å². The Labute approximate surface area is 133 Å². The van der Waals surface area contributed by atoms with Crippen molar-refractivity contribution in [2.45, 2.75) is 33.0 Å². The van der Waals surface area contributed by atoms with Gasteiger partial charge in [-0.25, -0.2) is 0 Å². The fourth-order valence-electron chi connectivity index (χ4n) is 2.85. The molecule has 4 heteroatoms. The molecule has 0 spiro atoms. The summed E-state index contributed by atoms with van der Waals surface area (Å²) in [5.74, 6) is 1.57. The fraction of sp³-hybridized carbons (Fsp3) is 0.556. The van der Waals surface area contributed by atoms with Crippen molar-refractivity contribution < 1.29 is 14.2 Å². The van der Waals surface area contributed by atoms with Gasteiger partial charge in [-0.1, -0.05) is 18.2 Å². The van der Waals surface area contributed by atoms with Gasteiger partial charge in [0, 0.05) is 19.6 Å². The summed E-state index contributed by atoms with van der Waals surface area (Å²) in [5, 5.41) is 0. The molecule has 0 amide bonds. The van der Waals surface area contributed by atoms with Crippen LogP contribution in [0.25, 0.3) is 6.08 Å². The maximum Gasteiger partial charge on any atom is 0.161 e. The van der Waals surface area contributed by atoms with Gasteiger partial charge in [-0.2, -0.15) is 0 Å². The van der Waals surface area contributed by atoms with Crippen molar-refractivity contribution in [3.8, 4) is 11.5 Å². The van der Waals surface area contributed by atoms with Crippen LogP contribution in [0.4, 0.5) is 0 Å². The first kappa shape index (κ1) is 16.8. The first-order chi connectivity index (χ1) is 10.6. The summed E-state index contributed by atoms with van der Waals surface area (Å²) in [6, 6.07) is 6.00. The molecule has 1 aliphatic rings. The molecule has 1 aromatic rings.